The maximum atomic E-state index is 12.1. The SMILES string of the molecule is Cc1ccc(CC(=O)NC(C)C2CCCNC2)cc1C. The van der Waals surface area contributed by atoms with Crippen LogP contribution in [0.2, 0.25) is 0 Å². The normalized spacial score (nSPS) is 20.4. The molecule has 1 aliphatic heterocycles. The van der Waals surface area contributed by atoms with Gasteiger partial charge in [-0.2, -0.15) is 0 Å². The molecular weight excluding hydrogens is 248 g/mol. The summed E-state index contributed by atoms with van der Waals surface area (Å²) in [6.45, 7) is 8.44. The highest BCUT2D eigenvalue weighted by Gasteiger charge is 2.21. The highest BCUT2D eigenvalue weighted by Crippen LogP contribution is 2.15. The third kappa shape index (κ3) is 4.07. The van der Waals surface area contributed by atoms with E-state index in [1.807, 2.05) is 0 Å². The predicted molar refractivity (Wildman–Crippen MR) is 82.8 cm³/mol. The zero-order valence-corrected chi connectivity index (χ0v) is 12.8. The van der Waals surface area contributed by atoms with E-state index in [0.29, 0.717) is 12.3 Å². The molecule has 0 aliphatic carbocycles. The molecular formula is C17H26N2O. The summed E-state index contributed by atoms with van der Waals surface area (Å²) in [6, 6.07) is 6.50. The topological polar surface area (TPSA) is 41.1 Å². The Balaban J connectivity index is 1.86. The second-order valence-electron chi connectivity index (χ2n) is 6.06. The molecule has 1 fully saturated rings. The lowest BCUT2D eigenvalue weighted by Crippen LogP contribution is -2.45. The number of aryl methyl sites for hydroxylation is 2. The summed E-state index contributed by atoms with van der Waals surface area (Å²) in [5.41, 5.74) is 3.62. The molecule has 3 nitrogen and oxygen atoms in total. The van der Waals surface area contributed by atoms with Gasteiger partial charge in [-0.15, -0.1) is 0 Å². The molecule has 2 rings (SSSR count). The quantitative estimate of drug-likeness (QED) is 0.885. The van der Waals surface area contributed by atoms with Gasteiger partial charge in [0.15, 0.2) is 0 Å². The lowest BCUT2D eigenvalue weighted by Gasteiger charge is -2.29. The van der Waals surface area contributed by atoms with Crippen LogP contribution in [0.25, 0.3) is 0 Å². The first-order chi connectivity index (χ1) is 9.56. The lowest BCUT2D eigenvalue weighted by atomic mass is 9.92. The average Bonchev–Trinajstić information content (AvgIpc) is 2.44. The molecule has 0 saturated carbocycles. The summed E-state index contributed by atoms with van der Waals surface area (Å²) in [7, 11) is 0. The molecule has 1 saturated heterocycles. The second-order valence-corrected chi connectivity index (χ2v) is 6.06. The van der Waals surface area contributed by atoms with E-state index in [1.54, 1.807) is 0 Å². The molecule has 2 atom stereocenters. The molecule has 3 heteroatoms. The van der Waals surface area contributed by atoms with Crippen LogP contribution < -0.4 is 10.6 Å². The maximum Gasteiger partial charge on any atom is 0.224 e. The second kappa shape index (κ2) is 6.89. The van der Waals surface area contributed by atoms with Crippen molar-refractivity contribution in [2.24, 2.45) is 5.92 Å². The summed E-state index contributed by atoms with van der Waals surface area (Å²) in [5, 5.41) is 6.55. The smallest absolute Gasteiger partial charge is 0.224 e. The van der Waals surface area contributed by atoms with E-state index in [4.69, 9.17) is 0 Å². The number of carbonyl (C=O) groups is 1. The molecule has 0 spiro atoms. The van der Waals surface area contributed by atoms with Crippen LogP contribution in [0, 0.1) is 19.8 Å². The Labute approximate surface area is 122 Å². The summed E-state index contributed by atoms with van der Waals surface area (Å²) >= 11 is 0. The number of amides is 1. The van der Waals surface area contributed by atoms with Gasteiger partial charge in [0.25, 0.3) is 0 Å². The standard InChI is InChI=1S/C17H26N2O/c1-12-6-7-15(9-13(12)2)10-17(20)19-14(3)16-5-4-8-18-11-16/h6-7,9,14,16,18H,4-5,8,10-11H2,1-3H3,(H,19,20). The van der Waals surface area contributed by atoms with Gasteiger partial charge in [-0.05, 0) is 69.3 Å². The van der Waals surface area contributed by atoms with Crippen LogP contribution in [0.15, 0.2) is 18.2 Å². The summed E-state index contributed by atoms with van der Waals surface area (Å²) in [5.74, 6) is 0.693. The molecule has 2 N–H and O–H groups in total. The van der Waals surface area contributed by atoms with E-state index in [2.05, 4.69) is 49.6 Å². The molecule has 2 unspecified atom stereocenters. The van der Waals surface area contributed by atoms with Crippen molar-refractivity contribution in [3.63, 3.8) is 0 Å². The number of hydrogen-bond acceptors (Lipinski definition) is 2. The van der Waals surface area contributed by atoms with E-state index in [9.17, 15) is 4.79 Å². The fourth-order valence-electron chi connectivity index (χ4n) is 2.83. The van der Waals surface area contributed by atoms with Gasteiger partial charge in [0.1, 0.15) is 0 Å². The number of piperidine rings is 1. The van der Waals surface area contributed by atoms with E-state index in [1.165, 1.54) is 24.0 Å². The van der Waals surface area contributed by atoms with Gasteiger partial charge in [0, 0.05) is 6.04 Å². The van der Waals surface area contributed by atoms with Crippen molar-refractivity contribution in [3.05, 3.63) is 34.9 Å². The first-order valence-electron chi connectivity index (χ1n) is 7.62. The largest absolute Gasteiger partial charge is 0.353 e. The van der Waals surface area contributed by atoms with Crippen molar-refractivity contribution >= 4 is 5.91 Å². The molecule has 20 heavy (non-hydrogen) atoms. The lowest BCUT2D eigenvalue weighted by molar-refractivity contribution is -0.121. The fourth-order valence-corrected chi connectivity index (χ4v) is 2.83. The van der Waals surface area contributed by atoms with Gasteiger partial charge in [0.2, 0.25) is 5.91 Å². The van der Waals surface area contributed by atoms with Gasteiger partial charge < -0.3 is 10.6 Å². The molecule has 0 bridgehead atoms. The summed E-state index contributed by atoms with van der Waals surface area (Å²) in [4.78, 5) is 12.1. The molecule has 110 valence electrons. The minimum absolute atomic E-state index is 0.131. The highest BCUT2D eigenvalue weighted by molar-refractivity contribution is 5.78. The predicted octanol–water partition coefficient (Wildman–Crippen LogP) is 2.35. The molecule has 0 aromatic heterocycles. The Morgan fingerprint density at radius 2 is 2.20 bits per heavy atom. The Bertz CT molecular complexity index is 464. The van der Waals surface area contributed by atoms with Crippen molar-refractivity contribution in [1.82, 2.24) is 10.6 Å². The van der Waals surface area contributed by atoms with Gasteiger partial charge in [-0.3, -0.25) is 4.79 Å². The average molecular weight is 274 g/mol. The molecule has 0 radical (unpaired) electrons. The number of hydrogen-bond donors (Lipinski definition) is 2. The minimum Gasteiger partial charge on any atom is -0.353 e. The fraction of sp³-hybridized carbons (Fsp3) is 0.588. The number of nitrogens with one attached hydrogen (secondary N) is 2. The van der Waals surface area contributed by atoms with Crippen LogP contribution in [-0.4, -0.2) is 25.0 Å². The van der Waals surface area contributed by atoms with Crippen molar-refractivity contribution in [2.45, 2.75) is 46.1 Å². The third-order valence-electron chi connectivity index (χ3n) is 4.37. The van der Waals surface area contributed by atoms with Crippen molar-refractivity contribution < 1.29 is 4.79 Å². The number of carbonyl (C=O) groups excluding carboxylic acids is 1. The minimum atomic E-state index is 0.131. The summed E-state index contributed by atoms with van der Waals surface area (Å²) in [6.07, 6.45) is 2.89. The Hall–Kier alpha value is -1.35. The molecule has 1 aromatic carbocycles. The van der Waals surface area contributed by atoms with Gasteiger partial charge in [-0.25, -0.2) is 0 Å². The van der Waals surface area contributed by atoms with Crippen molar-refractivity contribution in [1.29, 1.82) is 0 Å². The van der Waals surface area contributed by atoms with Crippen LogP contribution in [0.5, 0.6) is 0 Å². The van der Waals surface area contributed by atoms with Crippen molar-refractivity contribution in [2.75, 3.05) is 13.1 Å². The molecule has 1 heterocycles. The van der Waals surface area contributed by atoms with Gasteiger partial charge in [-0.1, -0.05) is 18.2 Å². The zero-order chi connectivity index (χ0) is 14.5. The molecule has 1 aromatic rings. The molecule has 1 amide bonds. The van der Waals surface area contributed by atoms with E-state index < -0.39 is 0 Å². The van der Waals surface area contributed by atoms with E-state index in [0.717, 1.165) is 18.7 Å². The Morgan fingerprint density at radius 3 is 2.85 bits per heavy atom. The first-order valence-corrected chi connectivity index (χ1v) is 7.62. The van der Waals surface area contributed by atoms with Crippen molar-refractivity contribution in [3.8, 4) is 0 Å². The number of benzene rings is 1. The first kappa shape index (κ1) is 15.0. The van der Waals surface area contributed by atoms with Crippen LogP contribution in [0.3, 0.4) is 0 Å². The van der Waals surface area contributed by atoms with Crippen LogP contribution >= 0.6 is 0 Å². The number of rotatable bonds is 4. The van der Waals surface area contributed by atoms with Gasteiger partial charge in [0.05, 0.1) is 6.42 Å². The summed E-state index contributed by atoms with van der Waals surface area (Å²) < 4.78 is 0. The Morgan fingerprint density at radius 1 is 1.40 bits per heavy atom. The van der Waals surface area contributed by atoms with E-state index in [-0.39, 0.29) is 11.9 Å². The van der Waals surface area contributed by atoms with E-state index >= 15 is 0 Å². The maximum absolute atomic E-state index is 12.1. The molecule has 1 aliphatic rings. The van der Waals surface area contributed by atoms with Crippen LogP contribution in [0.1, 0.15) is 36.5 Å². The third-order valence-corrected chi connectivity index (χ3v) is 4.37. The Kier molecular flexibility index (Phi) is 5.18. The van der Waals surface area contributed by atoms with Gasteiger partial charge >= 0.3 is 0 Å². The highest BCUT2D eigenvalue weighted by atomic mass is 16.1. The monoisotopic (exact) mass is 274 g/mol. The van der Waals surface area contributed by atoms with Crippen LogP contribution in [-0.2, 0) is 11.2 Å². The zero-order valence-electron chi connectivity index (χ0n) is 12.8. The van der Waals surface area contributed by atoms with Crippen LogP contribution in [0.4, 0.5) is 0 Å².